The topological polar surface area (TPSA) is 92.8 Å². The van der Waals surface area contributed by atoms with Gasteiger partial charge in [-0.3, -0.25) is 4.52 Å². The Hall–Kier alpha value is 0.0700. The predicted octanol–water partition coefficient (Wildman–Crippen LogP) is 0.366. The Balaban J connectivity index is 2.37. The zero-order valence-corrected chi connectivity index (χ0v) is 7.61. The van der Waals surface area contributed by atoms with Gasteiger partial charge in [0, 0.05) is 6.04 Å². The molecule has 6 heteroatoms. The second kappa shape index (κ2) is 3.85. The first-order valence-electron chi connectivity index (χ1n) is 3.97. The number of phosphoric ester groups is 1. The molecule has 0 spiro atoms. The first kappa shape index (κ1) is 10.2. The summed E-state index contributed by atoms with van der Waals surface area (Å²) in [6, 6.07) is 0.0234. The van der Waals surface area contributed by atoms with Gasteiger partial charge in [0.25, 0.3) is 0 Å². The average molecular weight is 195 g/mol. The Kier molecular flexibility index (Phi) is 3.26. The monoisotopic (exact) mass is 195 g/mol. The van der Waals surface area contributed by atoms with E-state index in [-0.39, 0.29) is 12.1 Å². The van der Waals surface area contributed by atoms with Crippen LogP contribution in [-0.2, 0) is 9.09 Å². The van der Waals surface area contributed by atoms with E-state index in [1.165, 1.54) is 0 Å². The molecule has 1 aliphatic carbocycles. The summed E-state index contributed by atoms with van der Waals surface area (Å²) in [6.07, 6.45) is 2.67. The molecular formula is C6H14NO4P. The lowest BCUT2D eigenvalue weighted by atomic mass is 9.94. The van der Waals surface area contributed by atoms with Gasteiger partial charge in [-0.2, -0.15) is 0 Å². The minimum Gasteiger partial charge on any atom is -0.328 e. The molecule has 0 aromatic carbocycles. The Morgan fingerprint density at radius 3 is 2.58 bits per heavy atom. The molecule has 1 fully saturated rings. The van der Waals surface area contributed by atoms with Gasteiger partial charge in [0.15, 0.2) is 0 Å². The van der Waals surface area contributed by atoms with Crippen LogP contribution in [0, 0.1) is 0 Å². The molecule has 0 aromatic rings. The molecule has 0 aromatic heterocycles. The van der Waals surface area contributed by atoms with Crippen molar-refractivity contribution in [3.05, 3.63) is 0 Å². The normalized spacial score (nSPS) is 31.9. The molecule has 5 nitrogen and oxygen atoms in total. The van der Waals surface area contributed by atoms with Crippen LogP contribution >= 0.6 is 7.82 Å². The third-order valence-electron chi connectivity index (χ3n) is 1.95. The number of phosphoric acid groups is 1. The maximum Gasteiger partial charge on any atom is 0.469 e. The molecule has 1 rings (SSSR count). The molecule has 4 N–H and O–H groups in total. The van der Waals surface area contributed by atoms with Gasteiger partial charge in [-0.15, -0.1) is 0 Å². The van der Waals surface area contributed by atoms with Crippen LogP contribution in [0.4, 0.5) is 0 Å². The van der Waals surface area contributed by atoms with E-state index in [9.17, 15) is 4.57 Å². The first-order valence-corrected chi connectivity index (χ1v) is 5.50. The molecule has 0 aliphatic heterocycles. The summed E-state index contributed by atoms with van der Waals surface area (Å²) in [7, 11) is -4.32. The highest BCUT2D eigenvalue weighted by molar-refractivity contribution is 7.46. The molecular weight excluding hydrogens is 181 g/mol. The van der Waals surface area contributed by atoms with Crippen LogP contribution in [0.15, 0.2) is 0 Å². The van der Waals surface area contributed by atoms with Crippen LogP contribution in [0.25, 0.3) is 0 Å². The van der Waals surface area contributed by atoms with E-state index in [1.54, 1.807) is 0 Å². The van der Waals surface area contributed by atoms with E-state index in [1.807, 2.05) is 0 Å². The van der Waals surface area contributed by atoms with Crippen LogP contribution < -0.4 is 5.73 Å². The smallest absolute Gasteiger partial charge is 0.328 e. The SMILES string of the molecule is NC1CCCC(OP(=O)(O)O)C1. The summed E-state index contributed by atoms with van der Waals surface area (Å²) < 4.78 is 15.0. The molecule has 0 radical (unpaired) electrons. The van der Waals surface area contributed by atoms with Gasteiger partial charge in [-0.1, -0.05) is 0 Å². The lowest BCUT2D eigenvalue weighted by Crippen LogP contribution is -2.31. The van der Waals surface area contributed by atoms with Crippen LogP contribution in [0.2, 0.25) is 0 Å². The summed E-state index contributed by atoms with van der Waals surface area (Å²) in [4.78, 5) is 17.0. The highest BCUT2D eigenvalue weighted by atomic mass is 31.2. The fourth-order valence-corrected chi connectivity index (χ4v) is 2.05. The van der Waals surface area contributed by atoms with Crippen molar-refractivity contribution in [2.75, 3.05) is 0 Å². The highest BCUT2D eigenvalue weighted by Gasteiger charge is 2.26. The Labute approximate surface area is 71.1 Å². The van der Waals surface area contributed by atoms with Crippen LogP contribution in [0.3, 0.4) is 0 Å². The van der Waals surface area contributed by atoms with Crippen LogP contribution in [0.5, 0.6) is 0 Å². The maximum absolute atomic E-state index is 10.4. The maximum atomic E-state index is 10.4. The summed E-state index contributed by atoms with van der Waals surface area (Å²) in [5.74, 6) is 0. The van der Waals surface area contributed by atoms with Gasteiger partial charge in [0.2, 0.25) is 0 Å². The molecule has 0 bridgehead atoms. The van der Waals surface area contributed by atoms with Crippen molar-refractivity contribution < 1.29 is 18.9 Å². The molecule has 0 amide bonds. The fourth-order valence-electron chi connectivity index (χ4n) is 1.47. The van der Waals surface area contributed by atoms with Crippen molar-refractivity contribution in [2.45, 2.75) is 37.8 Å². The number of hydrogen-bond donors (Lipinski definition) is 3. The largest absolute Gasteiger partial charge is 0.469 e. The fraction of sp³-hybridized carbons (Fsp3) is 1.00. The molecule has 0 saturated heterocycles. The highest BCUT2D eigenvalue weighted by Crippen LogP contribution is 2.40. The van der Waals surface area contributed by atoms with Gasteiger partial charge in [-0.05, 0) is 25.7 Å². The summed E-state index contributed by atoms with van der Waals surface area (Å²) in [6.45, 7) is 0. The summed E-state index contributed by atoms with van der Waals surface area (Å²) in [5.41, 5.74) is 5.61. The van der Waals surface area contributed by atoms with E-state index >= 15 is 0 Å². The van der Waals surface area contributed by atoms with Crippen molar-refractivity contribution in [1.82, 2.24) is 0 Å². The molecule has 2 unspecified atom stereocenters. The minimum absolute atomic E-state index is 0.0234. The quantitative estimate of drug-likeness (QED) is 0.553. The number of rotatable bonds is 2. The van der Waals surface area contributed by atoms with Gasteiger partial charge < -0.3 is 15.5 Å². The van der Waals surface area contributed by atoms with Gasteiger partial charge in [0.1, 0.15) is 0 Å². The van der Waals surface area contributed by atoms with Gasteiger partial charge in [-0.25, -0.2) is 4.57 Å². The van der Waals surface area contributed by atoms with E-state index in [0.29, 0.717) is 12.8 Å². The lowest BCUT2D eigenvalue weighted by Gasteiger charge is -2.26. The van der Waals surface area contributed by atoms with E-state index < -0.39 is 7.82 Å². The number of hydrogen-bond acceptors (Lipinski definition) is 3. The van der Waals surface area contributed by atoms with E-state index in [0.717, 1.165) is 12.8 Å². The standard InChI is InChI=1S/C6H14NO4P/c7-5-2-1-3-6(4-5)11-12(8,9)10/h5-6H,1-4,7H2,(H2,8,9,10). The molecule has 1 aliphatic rings. The second-order valence-corrected chi connectivity index (χ2v) is 4.34. The van der Waals surface area contributed by atoms with Crippen molar-refractivity contribution in [2.24, 2.45) is 5.73 Å². The van der Waals surface area contributed by atoms with Crippen molar-refractivity contribution >= 4 is 7.82 Å². The lowest BCUT2D eigenvalue weighted by molar-refractivity contribution is 0.0979. The van der Waals surface area contributed by atoms with Crippen LogP contribution in [-0.4, -0.2) is 21.9 Å². The van der Waals surface area contributed by atoms with Crippen LogP contribution in [0.1, 0.15) is 25.7 Å². The first-order chi connectivity index (χ1) is 5.47. The van der Waals surface area contributed by atoms with E-state index in [2.05, 4.69) is 4.52 Å². The number of nitrogens with two attached hydrogens (primary N) is 1. The minimum atomic E-state index is -4.32. The zero-order valence-electron chi connectivity index (χ0n) is 6.72. The third-order valence-corrected chi connectivity index (χ3v) is 2.53. The molecule has 12 heavy (non-hydrogen) atoms. The van der Waals surface area contributed by atoms with Crippen molar-refractivity contribution in [3.63, 3.8) is 0 Å². The third kappa shape index (κ3) is 3.65. The van der Waals surface area contributed by atoms with Crippen molar-refractivity contribution in [3.8, 4) is 0 Å². The second-order valence-electron chi connectivity index (χ2n) is 3.14. The Morgan fingerprint density at radius 2 is 2.08 bits per heavy atom. The van der Waals surface area contributed by atoms with Gasteiger partial charge >= 0.3 is 7.82 Å². The molecule has 1 saturated carbocycles. The predicted molar refractivity (Wildman–Crippen MR) is 43.4 cm³/mol. The van der Waals surface area contributed by atoms with E-state index in [4.69, 9.17) is 15.5 Å². The zero-order chi connectivity index (χ0) is 9.19. The average Bonchev–Trinajstić information content (AvgIpc) is 1.82. The summed E-state index contributed by atoms with van der Waals surface area (Å²) >= 11 is 0. The van der Waals surface area contributed by atoms with Crippen molar-refractivity contribution in [1.29, 1.82) is 0 Å². The molecule has 0 heterocycles. The summed E-state index contributed by atoms with van der Waals surface area (Å²) in [5, 5.41) is 0. The Bertz CT molecular complexity index is 192. The molecule has 2 atom stereocenters. The molecule has 72 valence electrons. The van der Waals surface area contributed by atoms with Gasteiger partial charge in [0.05, 0.1) is 6.10 Å². The Morgan fingerprint density at radius 1 is 1.42 bits per heavy atom.